The fraction of sp³-hybridized carbons (Fsp3) is 0.400. The summed E-state index contributed by atoms with van der Waals surface area (Å²) >= 11 is 1.37. The lowest BCUT2D eigenvalue weighted by molar-refractivity contribution is -0.114. The van der Waals surface area contributed by atoms with Crippen molar-refractivity contribution in [1.29, 1.82) is 0 Å². The van der Waals surface area contributed by atoms with Crippen molar-refractivity contribution in [2.24, 2.45) is 0 Å². The number of thiazole rings is 1. The van der Waals surface area contributed by atoms with E-state index < -0.39 is 0 Å². The summed E-state index contributed by atoms with van der Waals surface area (Å²) in [4.78, 5) is 27.3. The first-order chi connectivity index (χ1) is 11.1. The van der Waals surface area contributed by atoms with Gasteiger partial charge in [-0.15, -0.1) is 0 Å². The Balaban J connectivity index is 1.60. The van der Waals surface area contributed by atoms with Gasteiger partial charge in [-0.1, -0.05) is 11.3 Å². The molecule has 0 bridgehead atoms. The van der Waals surface area contributed by atoms with E-state index in [2.05, 4.69) is 20.9 Å². The number of amides is 3. The van der Waals surface area contributed by atoms with Crippen LogP contribution in [0, 0.1) is 0 Å². The van der Waals surface area contributed by atoms with E-state index in [0.717, 1.165) is 29.7 Å². The number of nitrogens with one attached hydrogen (secondary N) is 3. The molecule has 3 amide bonds. The van der Waals surface area contributed by atoms with Gasteiger partial charge < -0.3 is 20.7 Å². The van der Waals surface area contributed by atoms with Crippen molar-refractivity contribution in [3.8, 4) is 0 Å². The summed E-state index contributed by atoms with van der Waals surface area (Å²) in [6.45, 7) is 2.73. The minimum atomic E-state index is -0.258. The molecule has 1 atom stereocenters. The lowest BCUT2D eigenvalue weighted by Gasteiger charge is -2.11. The molecular weight excluding hydrogens is 316 g/mol. The van der Waals surface area contributed by atoms with Crippen LogP contribution in [0.25, 0.3) is 10.2 Å². The zero-order valence-corrected chi connectivity index (χ0v) is 13.5. The highest BCUT2D eigenvalue weighted by Gasteiger charge is 2.16. The van der Waals surface area contributed by atoms with Gasteiger partial charge in [-0.2, -0.15) is 0 Å². The number of hydrogen-bond acceptors (Lipinski definition) is 5. The van der Waals surface area contributed by atoms with Crippen LogP contribution >= 0.6 is 11.3 Å². The number of urea groups is 1. The quantitative estimate of drug-likeness (QED) is 0.801. The van der Waals surface area contributed by atoms with Gasteiger partial charge in [0.15, 0.2) is 5.13 Å². The fourth-order valence-corrected chi connectivity index (χ4v) is 3.34. The van der Waals surface area contributed by atoms with Gasteiger partial charge in [0.05, 0.1) is 16.3 Å². The number of carbonyl (C=O) groups is 2. The van der Waals surface area contributed by atoms with E-state index in [-0.39, 0.29) is 18.0 Å². The first-order valence-electron chi connectivity index (χ1n) is 7.45. The van der Waals surface area contributed by atoms with Crippen LogP contribution in [-0.4, -0.2) is 36.2 Å². The van der Waals surface area contributed by atoms with E-state index in [1.165, 1.54) is 18.3 Å². The van der Waals surface area contributed by atoms with Gasteiger partial charge in [-0.25, -0.2) is 9.78 Å². The Labute approximate surface area is 137 Å². The maximum absolute atomic E-state index is 11.9. The molecule has 3 N–H and O–H groups in total. The van der Waals surface area contributed by atoms with Gasteiger partial charge in [-0.05, 0) is 31.0 Å². The minimum Gasteiger partial charge on any atom is -0.376 e. The van der Waals surface area contributed by atoms with Crippen molar-refractivity contribution in [2.45, 2.75) is 25.9 Å². The third-order valence-electron chi connectivity index (χ3n) is 3.44. The summed E-state index contributed by atoms with van der Waals surface area (Å²) in [6, 6.07) is 5.17. The molecule has 2 heterocycles. The van der Waals surface area contributed by atoms with E-state index in [1.807, 2.05) is 12.1 Å². The van der Waals surface area contributed by atoms with Crippen LogP contribution in [0.4, 0.5) is 15.6 Å². The lowest BCUT2D eigenvalue weighted by atomic mass is 10.2. The third kappa shape index (κ3) is 4.17. The van der Waals surface area contributed by atoms with E-state index in [4.69, 9.17) is 4.74 Å². The van der Waals surface area contributed by atoms with Gasteiger partial charge in [-0.3, -0.25) is 4.79 Å². The van der Waals surface area contributed by atoms with Gasteiger partial charge >= 0.3 is 6.03 Å². The Kier molecular flexibility index (Phi) is 4.73. The summed E-state index contributed by atoms with van der Waals surface area (Å²) in [5.74, 6) is -0.157. The first-order valence-corrected chi connectivity index (χ1v) is 8.26. The van der Waals surface area contributed by atoms with E-state index in [9.17, 15) is 9.59 Å². The monoisotopic (exact) mass is 334 g/mol. The molecule has 23 heavy (non-hydrogen) atoms. The highest BCUT2D eigenvalue weighted by Crippen LogP contribution is 2.28. The molecule has 7 nitrogen and oxygen atoms in total. The maximum atomic E-state index is 11.9. The summed E-state index contributed by atoms with van der Waals surface area (Å²) in [6.07, 6.45) is 2.15. The van der Waals surface area contributed by atoms with Crippen LogP contribution in [0.15, 0.2) is 18.2 Å². The molecule has 1 aliphatic rings. The van der Waals surface area contributed by atoms with Crippen LogP contribution in [0.5, 0.6) is 0 Å². The van der Waals surface area contributed by atoms with Gasteiger partial charge in [0.2, 0.25) is 5.91 Å². The Hall–Kier alpha value is -2.19. The predicted molar refractivity (Wildman–Crippen MR) is 89.9 cm³/mol. The number of benzene rings is 1. The SMILES string of the molecule is CC(=O)Nc1nc2ccc(NC(=O)NCC3CCCO3)cc2s1. The van der Waals surface area contributed by atoms with Crippen molar-refractivity contribution in [1.82, 2.24) is 10.3 Å². The summed E-state index contributed by atoms with van der Waals surface area (Å²) in [5.41, 5.74) is 1.46. The Bertz CT molecular complexity index is 725. The van der Waals surface area contributed by atoms with Crippen molar-refractivity contribution >= 4 is 44.3 Å². The summed E-state index contributed by atoms with van der Waals surface area (Å²) in [5, 5.41) is 8.81. The molecule has 1 fully saturated rings. The topological polar surface area (TPSA) is 92.4 Å². The summed E-state index contributed by atoms with van der Waals surface area (Å²) in [7, 11) is 0. The van der Waals surface area contributed by atoms with Crippen molar-refractivity contribution < 1.29 is 14.3 Å². The molecule has 1 unspecified atom stereocenters. The molecule has 122 valence electrons. The first kappa shape index (κ1) is 15.7. The number of rotatable bonds is 4. The van der Waals surface area contributed by atoms with Crippen LogP contribution in [-0.2, 0) is 9.53 Å². The molecule has 2 aromatic rings. The zero-order chi connectivity index (χ0) is 16.2. The van der Waals surface area contributed by atoms with Crippen LogP contribution in [0.2, 0.25) is 0 Å². The predicted octanol–water partition coefficient (Wildman–Crippen LogP) is 2.56. The number of anilines is 2. The Morgan fingerprint density at radius 1 is 1.39 bits per heavy atom. The van der Waals surface area contributed by atoms with Gasteiger partial charge in [0.25, 0.3) is 0 Å². The molecule has 0 saturated carbocycles. The van der Waals surface area contributed by atoms with Crippen molar-refractivity contribution in [3.05, 3.63) is 18.2 Å². The van der Waals surface area contributed by atoms with E-state index >= 15 is 0 Å². The Morgan fingerprint density at radius 3 is 3.00 bits per heavy atom. The number of ether oxygens (including phenoxy) is 1. The van der Waals surface area contributed by atoms with Crippen LogP contribution in [0.1, 0.15) is 19.8 Å². The smallest absolute Gasteiger partial charge is 0.319 e. The average molecular weight is 334 g/mol. The molecule has 8 heteroatoms. The highest BCUT2D eigenvalue weighted by atomic mass is 32.1. The van der Waals surface area contributed by atoms with Crippen LogP contribution in [0.3, 0.4) is 0 Å². The molecule has 1 aromatic carbocycles. The number of hydrogen-bond donors (Lipinski definition) is 3. The maximum Gasteiger partial charge on any atom is 0.319 e. The van der Waals surface area contributed by atoms with Crippen LogP contribution < -0.4 is 16.0 Å². The summed E-state index contributed by atoms with van der Waals surface area (Å²) < 4.78 is 6.36. The highest BCUT2D eigenvalue weighted by molar-refractivity contribution is 7.22. The van der Waals surface area contributed by atoms with Gasteiger partial charge in [0, 0.05) is 25.8 Å². The number of carbonyl (C=O) groups excluding carboxylic acids is 2. The molecule has 0 radical (unpaired) electrons. The average Bonchev–Trinajstić information content (AvgIpc) is 3.12. The number of aromatic nitrogens is 1. The molecular formula is C15H18N4O3S. The molecule has 3 rings (SSSR count). The second-order valence-electron chi connectivity index (χ2n) is 5.35. The second-order valence-corrected chi connectivity index (χ2v) is 6.38. The minimum absolute atomic E-state index is 0.116. The van der Waals surface area contributed by atoms with E-state index in [0.29, 0.717) is 17.4 Å². The van der Waals surface area contributed by atoms with E-state index in [1.54, 1.807) is 6.07 Å². The molecule has 0 aliphatic carbocycles. The van der Waals surface area contributed by atoms with Crippen molar-refractivity contribution in [2.75, 3.05) is 23.8 Å². The third-order valence-corrected chi connectivity index (χ3v) is 4.38. The molecule has 0 spiro atoms. The lowest BCUT2D eigenvalue weighted by Crippen LogP contribution is -2.34. The van der Waals surface area contributed by atoms with Gasteiger partial charge in [0.1, 0.15) is 0 Å². The molecule has 1 saturated heterocycles. The second kappa shape index (κ2) is 6.93. The number of nitrogens with zero attached hydrogens (tertiary/aromatic N) is 1. The molecule has 1 aromatic heterocycles. The molecule has 1 aliphatic heterocycles. The normalized spacial score (nSPS) is 17.2. The van der Waals surface area contributed by atoms with Crippen molar-refractivity contribution in [3.63, 3.8) is 0 Å². The number of fused-ring (bicyclic) bond motifs is 1. The standard InChI is InChI=1S/C15H18N4O3S/c1-9(20)17-15-19-12-5-4-10(7-13(12)23-15)18-14(21)16-8-11-3-2-6-22-11/h4-5,7,11H,2-3,6,8H2,1H3,(H2,16,18,21)(H,17,19,20). The largest absolute Gasteiger partial charge is 0.376 e. The zero-order valence-electron chi connectivity index (χ0n) is 12.7. The Morgan fingerprint density at radius 2 is 2.26 bits per heavy atom. The fourth-order valence-electron chi connectivity index (χ4n) is 2.39.